The molecular weight excluding hydrogens is 454 g/mol. The zero-order chi connectivity index (χ0) is 24.1. The number of methoxy groups -OCH3 is 3. The molecule has 0 atom stereocenters. The number of aromatic nitrogens is 3. The van der Waals surface area contributed by atoms with E-state index in [1.54, 1.807) is 12.1 Å². The number of rotatable bonds is 9. The van der Waals surface area contributed by atoms with Gasteiger partial charge in [0.1, 0.15) is 0 Å². The molecule has 0 bridgehead atoms. The van der Waals surface area contributed by atoms with Crippen molar-refractivity contribution in [3.63, 3.8) is 0 Å². The van der Waals surface area contributed by atoms with Gasteiger partial charge in [-0.2, -0.15) is 0 Å². The summed E-state index contributed by atoms with van der Waals surface area (Å²) in [7, 11) is 4.61. The number of ether oxygens (including phenoxy) is 3. The Morgan fingerprint density at radius 3 is 2.24 bits per heavy atom. The second-order valence-corrected chi connectivity index (χ2v) is 8.84. The molecule has 1 aliphatic rings. The quantitative estimate of drug-likeness (QED) is 0.458. The molecule has 1 amide bonds. The summed E-state index contributed by atoms with van der Waals surface area (Å²) in [6.45, 7) is 3.97. The molecule has 0 unspecified atom stereocenters. The Kier molecular flexibility index (Phi) is 7.46. The van der Waals surface area contributed by atoms with Gasteiger partial charge in [-0.25, -0.2) is 0 Å². The van der Waals surface area contributed by atoms with Gasteiger partial charge in [0.15, 0.2) is 16.7 Å². The predicted octanol–water partition coefficient (Wildman–Crippen LogP) is 3.93. The SMILES string of the molecule is COc1cc(NC(=O)CSc2nnc(N3CCCC3)n2-c2ccc(C)cc2)cc(OC)c1OC. The Morgan fingerprint density at radius 1 is 1.00 bits per heavy atom. The van der Waals surface area contributed by atoms with Gasteiger partial charge in [0, 0.05) is 30.9 Å². The third-order valence-corrected chi connectivity index (χ3v) is 6.51. The summed E-state index contributed by atoms with van der Waals surface area (Å²) in [5.74, 6) is 2.21. The first kappa shape index (κ1) is 23.7. The highest BCUT2D eigenvalue weighted by Gasteiger charge is 2.23. The lowest BCUT2D eigenvalue weighted by molar-refractivity contribution is -0.113. The average Bonchev–Trinajstić information content (AvgIpc) is 3.52. The largest absolute Gasteiger partial charge is 0.493 e. The maximum absolute atomic E-state index is 12.8. The van der Waals surface area contributed by atoms with Crippen molar-refractivity contribution in [3.8, 4) is 22.9 Å². The van der Waals surface area contributed by atoms with E-state index in [1.165, 1.54) is 38.7 Å². The lowest BCUT2D eigenvalue weighted by atomic mass is 10.2. The number of thioether (sulfide) groups is 1. The third-order valence-electron chi connectivity index (χ3n) is 5.58. The first-order chi connectivity index (χ1) is 16.5. The monoisotopic (exact) mass is 483 g/mol. The highest BCUT2D eigenvalue weighted by molar-refractivity contribution is 7.99. The van der Waals surface area contributed by atoms with Crippen LogP contribution in [0.1, 0.15) is 18.4 Å². The molecule has 1 saturated heterocycles. The van der Waals surface area contributed by atoms with Crippen molar-refractivity contribution in [2.75, 3.05) is 50.4 Å². The molecular formula is C24H29N5O4S. The number of nitrogens with zero attached hydrogens (tertiary/aromatic N) is 4. The summed E-state index contributed by atoms with van der Waals surface area (Å²) in [6, 6.07) is 11.6. The van der Waals surface area contributed by atoms with Crippen LogP contribution in [-0.4, -0.2) is 60.8 Å². The highest BCUT2D eigenvalue weighted by Crippen LogP contribution is 2.40. The van der Waals surface area contributed by atoms with Crippen molar-refractivity contribution in [1.82, 2.24) is 14.8 Å². The zero-order valence-corrected chi connectivity index (χ0v) is 20.6. The van der Waals surface area contributed by atoms with Crippen molar-refractivity contribution >= 4 is 29.3 Å². The van der Waals surface area contributed by atoms with Gasteiger partial charge in [0.05, 0.1) is 32.8 Å². The molecule has 1 aromatic heterocycles. The first-order valence-corrected chi connectivity index (χ1v) is 12.0. The minimum atomic E-state index is -0.180. The Balaban J connectivity index is 1.52. The lowest BCUT2D eigenvalue weighted by Crippen LogP contribution is -2.22. The second-order valence-electron chi connectivity index (χ2n) is 7.90. The Bertz CT molecular complexity index is 1120. The fourth-order valence-electron chi connectivity index (χ4n) is 3.88. The van der Waals surface area contributed by atoms with Gasteiger partial charge < -0.3 is 24.4 Å². The summed E-state index contributed by atoms with van der Waals surface area (Å²) in [5.41, 5.74) is 2.71. The molecule has 0 aliphatic carbocycles. The first-order valence-electron chi connectivity index (χ1n) is 11.0. The van der Waals surface area contributed by atoms with Crippen LogP contribution in [0.25, 0.3) is 5.69 Å². The molecule has 0 spiro atoms. The van der Waals surface area contributed by atoms with Crippen LogP contribution in [0.2, 0.25) is 0 Å². The van der Waals surface area contributed by atoms with E-state index in [0.29, 0.717) is 28.1 Å². The van der Waals surface area contributed by atoms with Gasteiger partial charge in [-0.1, -0.05) is 29.5 Å². The molecule has 2 heterocycles. The van der Waals surface area contributed by atoms with E-state index in [-0.39, 0.29) is 11.7 Å². The summed E-state index contributed by atoms with van der Waals surface area (Å²) < 4.78 is 18.1. The molecule has 0 saturated carbocycles. The van der Waals surface area contributed by atoms with Crippen LogP contribution < -0.4 is 24.4 Å². The minimum Gasteiger partial charge on any atom is -0.493 e. The van der Waals surface area contributed by atoms with Gasteiger partial charge in [-0.05, 0) is 31.9 Å². The molecule has 4 rings (SSSR count). The van der Waals surface area contributed by atoms with Crippen molar-refractivity contribution in [3.05, 3.63) is 42.0 Å². The van der Waals surface area contributed by atoms with Crippen molar-refractivity contribution in [2.45, 2.75) is 24.9 Å². The third kappa shape index (κ3) is 5.06. The van der Waals surface area contributed by atoms with Crippen LogP contribution in [0.4, 0.5) is 11.6 Å². The molecule has 0 radical (unpaired) electrons. The van der Waals surface area contributed by atoms with Crippen LogP contribution in [0.5, 0.6) is 17.2 Å². The summed E-state index contributed by atoms with van der Waals surface area (Å²) >= 11 is 1.34. The number of anilines is 2. The fourth-order valence-corrected chi connectivity index (χ4v) is 4.62. The number of benzene rings is 2. The van der Waals surface area contributed by atoms with E-state index < -0.39 is 0 Å². The molecule has 9 nitrogen and oxygen atoms in total. The fraction of sp³-hybridized carbons (Fsp3) is 0.375. The van der Waals surface area contributed by atoms with E-state index in [1.807, 2.05) is 4.57 Å². The molecule has 180 valence electrons. The van der Waals surface area contributed by atoms with Crippen molar-refractivity contribution < 1.29 is 19.0 Å². The van der Waals surface area contributed by atoms with E-state index in [4.69, 9.17) is 14.2 Å². The number of carbonyl (C=O) groups is 1. The van der Waals surface area contributed by atoms with Gasteiger partial charge in [0.2, 0.25) is 17.6 Å². The highest BCUT2D eigenvalue weighted by atomic mass is 32.2. The normalized spacial score (nSPS) is 13.1. The van der Waals surface area contributed by atoms with Gasteiger partial charge >= 0.3 is 0 Å². The van der Waals surface area contributed by atoms with Crippen LogP contribution in [0.15, 0.2) is 41.6 Å². The van der Waals surface area contributed by atoms with E-state index in [2.05, 4.69) is 51.6 Å². The lowest BCUT2D eigenvalue weighted by Gasteiger charge is -2.18. The molecule has 1 fully saturated rings. The molecule has 34 heavy (non-hydrogen) atoms. The number of aryl methyl sites for hydroxylation is 1. The Labute approximate surface area is 203 Å². The van der Waals surface area contributed by atoms with E-state index >= 15 is 0 Å². The number of hydrogen-bond acceptors (Lipinski definition) is 8. The number of carbonyl (C=O) groups excluding carboxylic acids is 1. The molecule has 10 heteroatoms. The summed E-state index contributed by atoms with van der Waals surface area (Å²) in [5, 5.41) is 12.4. The summed E-state index contributed by atoms with van der Waals surface area (Å²) in [4.78, 5) is 15.0. The zero-order valence-electron chi connectivity index (χ0n) is 19.8. The van der Waals surface area contributed by atoms with E-state index in [9.17, 15) is 4.79 Å². The smallest absolute Gasteiger partial charge is 0.234 e. The number of nitrogens with one attached hydrogen (secondary N) is 1. The van der Waals surface area contributed by atoms with Gasteiger partial charge in [-0.15, -0.1) is 10.2 Å². The van der Waals surface area contributed by atoms with Crippen LogP contribution in [0.3, 0.4) is 0 Å². The molecule has 1 aliphatic heterocycles. The van der Waals surface area contributed by atoms with Crippen molar-refractivity contribution in [1.29, 1.82) is 0 Å². The van der Waals surface area contributed by atoms with Crippen LogP contribution in [-0.2, 0) is 4.79 Å². The van der Waals surface area contributed by atoms with Gasteiger partial charge in [0.25, 0.3) is 0 Å². The Hall–Kier alpha value is -3.40. The maximum atomic E-state index is 12.8. The van der Waals surface area contributed by atoms with Gasteiger partial charge in [-0.3, -0.25) is 9.36 Å². The second kappa shape index (κ2) is 10.7. The van der Waals surface area contributed by atoms with Crippen molar-refractivity contribution in [2.24, 2.45) is 0 Å². The van der Waals surface area contributed by atoms with Crippen LogP contribution in [0, 0.1) is 6.92 Å². The number of amides is 1. The van der Waals surface area contributed by atoms with E-state index in [0.717, 1.165) is 37.6 Å². The summed E-state index contributed by atoms with van der Waals surface area (Å²) in [6.07, 6.45) is 2.28. The van der Waals surface area contributed by atoms with Crippen LogP contribution >= 0.6 is 11.8 Å². The topological polar surface area (TPSA) is 90.7 Å². The Morgan fingerprint density at radius 2 is 1.65 bits per heavy atom. The molecule has 1 N–H and O–H groups in total. The molecule has 3 aromatic rings. The predicted molar refractivity (Wildman–Crippen MR) is 133 cm³/mol. The molecule has 2 aromatic carbocycles. The standard InChI is InChI=1S/C24H29N5O4S/c1-16-7-9-18(10-8-16)29-23(28-11-5-6-12-28)26-27-24(29)34-15-21(30)25-17-13-19(31-2)22(33-4)20(14-17)32-3/h7-10,13-14H,5-6,11-12,15H2,1-4H3,(H,25,30). The average molecular weight is 484 g/mol. The minimum absolute atomic E-state index is 0.167. The number of hydrogen-bond donors (Lipinski definition) is 1. The maximum Gasteiger partial charge on any atom is 0.234 e.